The molecule has 0 aromatic carbocycles. The molecule has 0 bridgehead atoms. The molecule has 0 radical (unpaired) electrons. The molecular formula is C11H26OSi. The predicted octanol–water partition coefficient (Wildman–Crippen LogP) is 3.59. The van der Waals surface area contributed by atoms with E-state index in [0.717, 1.165) is 0 Å². The van der Waals surface area contributed by atoms with Crippen LogP contribution in [0.25, 0.3) is 0 Å². The van der Waals surface area contributed by atoms with Crippen LogP contribution in [0.1, 0.15) is 47.0 Å². The van der Waals surface area contributed by atoms with Gasteiger partial charge >= 0.3 is 0 Å². The molecule has 1 N–H and O–H groups in total. The fraction of sp³-hybridized carbons (Fsp3) is 1.00. The lowest BCUT2D eigenvalue weighted by Gasteiger charge is -2.34. The number of rotatable bonds is 7. The summed E-state index contributed by atoms with van der Waals surface area (Å²) in [5.41, 5.74) is -0.00708. The van der Waals surface area contributed by atoms with Crippen LogP contribution in [-0.4, -0.2) is 18.9 Å². The summed E-state index contributed by atoms with van der Waals surface area (Å²) in [6.45, 7) is 8.76. The van der Waals surface area contributed by atoms with Gasteiger partial charge in [0.2, 0.25) is 0 Å². The minimum atomic E-state index is -1.32. The van der Waals surface area contributed by atoms with Gasteiger partial charge < -0.3 is 5.11 Å². The molecule has 0 rings (SSSR count). The van der Waals surface area contributed by atoms with Crippen LogP contribution < -0.4 is 0 Å². The van der Waals surface area contributed by atoms with Gasteiger partial charge in [0, 0.05) is 5.73 Å². The van der Waals surface area contributed by atoms with Crippen molar-refractivity contribution in [3.8, 4) is 0 Å². The Labute approximate surface area is 84.6 Å². The molecule has 0 aromatic rings. The van der Waals surface area contributed by atoms with Gasteiger partial charge in [-0.1, -0.05) is 58.2 Å². The normalized spacial score (nSPS) is 14.5. The van der Waals surface area contributed by atoms with Crippen LogP contribution in [0.2, 0.25) is 18.1 Å². The van der Waals surface area contributed by atoms with Crippen molar-refractivity contribution in [2.24, 2.45) is 0 Å². The third-order valence-corrected chi connectivity index (χ3v) is 9.39. The van der Waals surface area contributed by atoms with Crippen molar-refractivity contribution in [1.82, 2.24) is 0 Å². The van der Waals surface area contributed by atoms with Crippen molar-refractivity contribution >= 4 is 8.07 Å². The Hall–Kier alpha value is 0.177. The van der Waals surface area contributed by atoms with Crippen LogP contribution >= 0.6 is 0 Å². The van der Waals surface area contributed by atoms with E-state index in [9.17, 15) is 5.11 Å². The van der Waals surface area contributed by atoms with Crippen LogP contribution in [-0.2, 0) is 0 Å². The van der Waals surface area contributed by atoms with Gasteiger partial charge in [-0.3, -0.25) is 0 Å². The summed E-state index contributed by atoms with van der Waals surface area (Å²) < 4.78 is 0. The lowest BCUT2D eigenvalue weighted by molar-refractivity contribution is 0.259. The summed E-state index contributed by atoms with van der Waals surface area (Å²) in [4.78, 5) is 0. The molecular weight excluding hydrogens is 176 g/mol. The van der Waals surface area contributed by atoms with E-state index in [1.54, 1.807) is 0 Å². The van der Waals surface area contributed by atoms with Gasteiger partial charge in [-0.25, -0.2) is 0 Å². The largest absolute Gasteiger partial charge is 0.397 e. The highest BCUT2D eigenvalue weighted by Gasteiger charge is 2.34. The highest BCUT2D eigenvalue weighted by atomic mass is 28.3. The SMILES string of the molecule is CCC[Si](CCC)(CCC)C(C)O. The van der Waals surface area contributed by atoms with Gasteiger partial charge in [-0.15, -0.1) is 0 Å². The summed E-state index contributed by atoms with van der Waals surface area (Å²) in [6.07, 6.45) is 3.74. The standard InChI is InChI=1S/C11H26OSi/c1-5-8-13(9-6-2,10-7-3)11(4)12/h11-12H,5-10H2,1-4H3. The van der Waals surface area contributed by atoms with Gasteiger partial charge in [0.15, 0.2) is 0 Å². The number of aliphatic hydroxyl groups excluding tert-OH is 1. The van der Waals surface area contributed by atoms with E-state index in [2.05, 4.69) is 20.8 Å². The molecule has 0 saturated heterocycles. The second-order valence-electron chi connectivity index (χ2n) is 4.29. The predicted molar refractivity (Wildman–Crippen MR) is 62.7 cm³/mol. The van der Waals surface area contributed by atoms with Crippen LogP contribution in [0.15, 0.2) is 0 Å². The Bertz CT molecular complexity index is 106. The Morgan fingerprint density at radius 3 is 1.38 bits per heavy atom. The fourth-order valence-electron chi connectivity index (χ4n) is 2.50. The van der Waals surface area contributed by atoms with Crippen molar-refractivity contribution in [1.29, 1.82) is 0 Å². The van der Waals surface area contributed by atoms with E-state index in [1.165, 1.54) is 37.4 Å². The highest BCUT2D eigenvalue weighted by Crippen LogP contribution is 2.29. The van der Waals surface area contributed by atoms with Gasteiger partial charge in [0.1, 0.15) is 0 Å². The van der Waals surface area contributed by atoms with Crippen LogP contribution in [0.4, 0.5) is 0 Å². The minimum absolute atomic E-state index is 0.00708. The van der Waals surface area contributed by atoms with E-state index in [4.69, 9.17) is 0 Å². The van der Waals surface area contributed by atoms with E-state index in [1.807, 2.05) is 6.92 Å². The number of hydrogen-bond acceptors (Lipinski definition) is 1. The van der Waals surface area contributed by atoms with Crippen LogP contribution in [0, 0.1) is 0 Å². The number of aliphatic hydroxyl groups is 1. The summed E-state index contributed by atoms with van der Waals surface area (Å²) in [5.74, 6) is 0. The summed E-state index contributed by atoms with van der Waals surface area (Å²) in [6, 6.07) is 3.94. The zero-order valence-corrected chi connectivity index (χ0v) is 10.8. The average Bonchev–Trinajstić information content (AvgIpc) is 2.05. The molecule has 0 aliphatic heterocycles. The first-order valence-corrected chi connectivity index (χ1v) is 8.50. The quantitative estimate of drug-likeness (QED) is 0.626. The fourth-order valence-corrected chi connectivity index (χ4v) is 7.49. The van der Waals surface area contributed by atoms with Crippen LogP contribution in [0.5, 0.6) is 0 Å². The molecule has 0 saturated carbocycles. The third kappa shape index (κ3) is 3.82. The Balaban J connectivity index is 4.38. The van der Waals surface area contributed by atoms with Crippen molar-refractivity contribution in [3.63, 3.8) is 0 Å². The second-order valence-corrected chi connectivity index (χ2v) is 9.35. The first-order chi connectivity index (χ1) is 6.13. The van der Waals surface area contributed by atoms with Gasteiger partial charge in [-0.05, 0) is 6.92 Å². The van der Waals surface area contributed by atoms with Crippen molar-refractivity contribution < 1.29 is 5.11 Å². The summed E-state index contributed by atoms with van der Waals surface area (Å²) >= 11 is 0. The van der Waals surface area contributed by atoms with Gasteiger partial charge in [0.25, 0.3) is 0 Å². The van der Waals surface area contributed by atoms with E-state index in [0.29, 0.717) is 0 Å². The summed E-state index contributed by atoms with van der Waals surface area (Å²) in [7, 11) is -1.32. The molecule has 13 heavy (non-hydrogen) atoms. The second kappa shape index (κ2) is 6.60. The van der Waals surface area contributed by atoms with Gasteiger partial charge in [0.05, 0.1) is 8.07 Å². The molecule has 1 nitrogen and oxygen atoms in total. The zero-order valence-electron chi connectivity index (χ0n) is 9.77. The van der Waals surface area contributed by atoms with Crippen molar-refractivity contribution in [2.75, 3.05) is 0 Å². The minimum Gasteiger partial charge on any atom is -0.397 e. The van der Waals surface area contributed by atoms with Crippen molar-refractivity contribution in [2.45, 2.75) is 70.8 Å². The molecule has 0 spiro atoms. The molecule has 0 aromatic heterocycles. The Kier molecular flexibility index (Phi) is 6.69. The maximum Gasteiger partial charge on any atom is 0.0868 e. The lowest BCUT2D eigenvalue weighted by Crippen LogP contribution is -2.45. The zero-order chi connectivity index (χ0) is 10.3. The molecule has 1 unspecified atom stereocenters. The van der Waals surface area contributed by atoms with E-state index < -0.39 is 8.07 Å². The first-order valence-electron chi connectivity index (χ1n) is 5.81. The molecule has 0 heterocycles. The highest BCUT2D eigenvalue weighted by molar-refractivity contribution is 6.80. The monoisotopic (exact) mass is 202 g/mol. The maximum absolute atomic E-state index is 9.92. The molecule has 0 amide bonds. The molecule has 0 aliphatic rings. The molecule has 80 valence electrons. The van der Waals surface area contributed by atoms with E-state index in [-0.39, 0.29) is 5.73 Å². The van der Waals surface area contributed by atoms with Crippen molar-refractivity contribution in [3.05, 3.63) is 0 Å². The van der Waals surface area contributed by atoms with Gasteiger partial charge in [-0.2, -0.15) is 0 Å². The first kappa shape index (κ1) is 13.2. The molecule has 0 aliphatic carbocycles. The molecule has 1 atom stereocenters. The Morgan fingerprint density at radius 1 is 0.923 bits per heavy atom. The third-order valence-electron chi connectivity index (χ3n) is 3.13. The smallest absolute Gasteiger partial charge is 0.0868 e. The van der Waals surface area contributed by atoms with E-state index >= 15 is 0 Å². The topological polar surface area (TPSA) is 20.2 Å². The molecule has 0 fully saturated rings. The number of hydrogen-bond donors (Lipinski definition) is 1. The molecule has 2 heteroatoms. The Morgan fingerprint density at radius 2 is 1.23 bits per heavy atom. The average molecular weight is 202 g/mol. The maximum atomic E-state index is 9.92. The summed E-state index contributed by atoms with van der Waals surface area (Å²) in [5, 5.41) is 9.92. The lowest BCUT2D eigenvalue weighted by atomic mass is 10.5. The van der Waals surface area contributed by atoms with Crippen LogP contribution in [0.3, 0.4) is 0 Å².